The number of hydrogen-bond donors (Lipinski definition) is 1. The van der Waals surface area contributed by atoms with Crippen LogP contribution in [0.4, 0.5) is 0 Å². The maximum atomic E-state index is 5.99. The summed E-state index contributed by atoms with van der Waals surface area (Å²) in [4.78, 5) is 4.46. The summed E-state index contributed by atoms with van der Waals surface area (Å²) < 4.78 is 10.9. The van der Waals surface area contributed by atoms with E-state index >= 15 is 0 Å². The zero-order chi connectivity index (χ0) is 13.2. The van der Waals surface area contributed by atoms with Crippen molar-refractivity contribution < 1.29 is 9.26 Å². The number of nitrogens with two attached hydrogens (primary N) is 1. The van der Waals surface area contributed by atoms with Crippen molar-refractivity contribution in [3.63, 3.8) is 0 Å². The van der Waals surface area contributed by atoms with E-state index in [0.29, 0.717) is 12.4 Å². The van der Waals surface area contributed by atoms with Gasteiger partial charge in [0.15, 0.2) is 5.82 Å². The highest BCUT2D eigenvalue weighted by molar-refractivity contribution is 5.07. The van der Waals surface area contributed by atoms with E-state index in [1.807, 2.05) is 13.8 Å². The molecule has 18 heavy (non-hydrogen) atoms. The van der Waals surface area contributed by atoms with E-state index in [2.05, 4.69) is 17.1 Å². The Hall–Kier alpha value is -0.940. The molecule has 0 spiro atoms. The number of nitrogens with zero attached hydrogens (tertiary/aromatic N) is 2. The first-order valence-corrected chi connectivity index (χ1v) is 6.72. The summed E-state index contributed by atoms with van der Waals surface area (Å²) in [7, 11) is 0. The van der Waals surface area contributed by atoms with Crippen LogP contribution in [0.2, 0.25) is 0 Å². The molecule has 0 amide bonds. The Bertz CT molecular complexity index is 383. The summed E-state index contributed by atoms with van der Waals surface area (Å²) in [5.74, 6) is 1.29. The zero-order valence-corrected chi connectivity index (χ0v) is 11.5. The Kier molecular flexibility index (Phi) is 4.02. The Morgan fingerprint density at radius 2 is 2.06 bits per heavy atom. The van der Waals surface area contributed by atoms with Crippen molar-refractivity contribution in [2.24, 2.45) is 5.73 Å². The summed E-state index contributed by atoms with van der Waals surface area (Å²) in [6.07, 6.45) is 4.86. The highest BCUT2D eigenvalue weighted by Gasteiger charge is 2.36. The predicted molar refractivity (Wildman–Crippen MR) is 68.1 cm³/mol. The summed E-state index contributed by atoms with van der Waals surface area (Å²) in [5, 5.41) is 3.99. The van der Waals surface area contributed by atoms with E-state index in [9.17, 15) is 0 Å². The summed E-state index contributed by atoms with van der Waals surface area (Å²) in [5.41, 5.74) is 6.03. The maximum Gasteiger partial charge on any atom is 0.232 e. The van der Waals surface area contributed by atoms with E-state index in [4.69, 9.17) is 15.0 Å². The molecule has 5 nitrogen and oxygen atoms in total. The Morgan fingerprint density at radius 3 is 2.67 bits per heavy atom. The zero-order valence-electron chi connectivity index (χ0n) is 11.5. The predicted octanol–water partition coefficient (Wildman–Crippen LogP) is 2.33. The van der Waals surface area contributed by atoms with Gasteiger partial charge in [-0.3, -0.25) is 0 Å². The molecule has 0 bridgehead atoms. The molecule has 1 heterocycles. The second-order valence-electron chi connectivity index (χ2n) is 5.71. The molecule has 1 atom stereocenters. The first-order chi connectivity index (χ1) is 8.51. The van der Waals surface area contributed by atoms with Gasteiger partial charge in [0, 0.05) is 5.41 Å². The van der Waals surface area contributed by atoms with Crippen LogP contribution in [0.25, 0.3) is 0 Å². The molecule has 1 saturated carbocycles. The van der Waals surface area contributed by atoms with Crippen molar-refractivity contribution in [1.29, 1.82) is 0 Å². The van der Waals surface area contributed by atoms with Crippen molar-refractivity contribution in [3.8, 4) is 0 Å². The number of aromatic nitrogens is 2. The minimum absolute atomic E-state index is 0.0455. The number of rotatable bonds is 5. The highest BCUT2D eigenvalue weighted by Crippen LogP contribution is 2.39. The Morgan fingerprint density at radius 1 is 1.39 bits per heavy atom. The molecular weight excluding hydrogens is 230 g/mol. The van der Waals surface area contributed by atoms with E-state index < -0.39 is 0 Å². The summed E-state index contributed by atoms with van der Waals surface area (Å²) in [6.45, 7) is 6.57. The molecule has 2 N–H and O–H groups in total. The minimum atomic E-state index is -0.310. The van der Waals surface area contributed by atoms with E-state index in [1.165, 1.54) is 12.8 Å². The van der Waals surface area contributed by atoms with Crippen LogP contribution in [0.15, 0.2) is 4.52 Å². The van der Waals surface area contributed by atoms with Gasteiger partial charge in [-0.25, -0.2) is 0 Å². The molecule has 0 radical (unpaired) electrons. The number of ether oxygens (including phenoxy) is 1. The number of hydrogen-bond acceptors (Lipinski definition) is 5. The van der Waals surface area contributed by atoms with Crippen LogP contribution < -0.4 is 5.73 Å². The minimum Gasteiger partial charge on any atom is -0.377 e. The molecule has 1 unspecified atom stereocenters. The second kappa shape index (κ2) is 5.36. The van der Waals surface area contributed by atoms with Crippen molar-refractivity contribution in [3.05, 3.63) is 11.7 Å². The van der Waals surface area contributed by atoms with Gasteiger partial charge < -0.3 is 15.0 Å². The summed E-state index contributed by atoms with van der Waals surface area (Å²) >= 11 is 0. The third kappa shape index (κ3) is 2.90. The first kappa shape index (κ1) is 13.5. The van der Waals surface area contributed by atoms with E-state index in [-0.39, 0.29) is 17.6 Å². The highest BCUT2D eigenvalue weighted by atomic mass is 16.5. The average molecular weight is 253 g/mol. The van der Waals surface area contributed by atoms with Gasteiger partial charge in [-0.15, -0.1) is 0 Å². The fourth-order valence-corrected chi connectivity index (χ4v) is 2.37. The molecular formula is C13H23N3O2. The standard InChI is InChI=1S/C13H23N3O2/c1-9(2)17-8-10(14)11-15-12(18-16-11)13(3)6-4-5-7-13/h9-10H,4-8,14H2,1-3H3. The lowest BCUT2D eigenvalue weighted by atomic mass is 9.89. The van der Waals surface area contributed by atoms with E-state index in [1.54, 1.807) is 0 Å². The van der Waals surface area contributed by atoms with Crippen LogP contribution in [-0.4, -0.2) is 22.9 Å². The quantitative estimate of drug-likeness (QED) is 0.871. The lowest BCUT2D eigenvalue weighted by Gasteiger charge is -2.17. The third-order valence-corrected chi connectivity index (χ3v) is 3.61. The molecule has 1 fully saturated rings. The van der Waals surface area contributed by atoms with Crippen molar-refractivity contribution in [1.82, 2.24) is 10.1 Å². The first-order valence-electron chi connectivity index (χ1n) is 6.72. The molecule has 0 aliphatic heterocycles. The molecule has 0 aromatic carbocycles. The fourth-order valence-electron chi connectivity index (χ4n) is 2.37. The van der Waals surface area contributed by atoms with Gasteiger partial charge in [-0.1, -0.05) is 24.9 Å². The normalized spacial score (nSPS) is 20.5. The summed E-state index contributed by atoms with van der Waals surface area (Å²) in [6, 6.07) is -0.310. The van der Waals surface area contributed by atoms with E-state index in [0.717, 1.165) is 18.7 Å². The Labute approximate surface area is 108 Å². The van der Waals surface area contributed by atoms with Crippen LogP contribution >= 0.6 is 0 Å². The largest absolute Gasteiger partial charge is 0.377 e. The van der Waals surface area contributed by atoms with Gasteiger partial charge in [0.05, 0.1) is 18.8 Å². The van der Waals surface area contributed by atoms with Crippen LogP contribution in [0.5, 0.6) is 0 Å². The molecule has 5 heteroatoms. The topological polar surface area (TPSA) is 74.2 Å². The van der Waals surface area contributed by atoms with Gasteiger partial charge >= 0.3 is 0 Å². The SMILES string of the molecule is CC(C)OCC(N)c1noc(C2(C)CCCC2)n1. The smallest absolute Gasteiger partial charge is 0.232 e. The molecule has 1 aromatic rings. The van der Waals surface area contributed by atoms with Crippen LogP contribution in [0, 0.1) is 0 Å². The maximum absolute atomic E-state index is 5.99. The van der Waals surface area contributed by atoms with Crippen LogP contribution in [0.1, 0.15) is 64.2 Å². The second-order valence-corrected chi connectivity index (χ2v) is 5.71. The van der Waals surface area contributed by atoms with Crippen molar-refractivity contribution in [2.45, 2.75) is 64.0 Å². The van der Waals surface area contributed by atoms with Gasteiger partial charge in [0.25, 0.3) is 0 Å². The molecule has 2 rings (SSSR count). The molecule has 1 aliphatic carbocycles. The Balaban J connectivity index is 2.01. The molecule has 0 saturated heterocycles. The molecule has 102 valence electrons. The fraction of sp³-hybridized carbons (Fsp3) is 0.846. The van der Waals surface area contributed by atoms with Gasteiger partial charge in [0.2, 0.25) is 5.89 Å². The molecule has 1 aliphatic rings. The van der Waals surface area contributed by atoms with Gasteiger partial charge in [-0.2, -0.15) is 4.98 Å². The third-order valence-electron chi connectivity index (χ3n) is 3.61. The van der Waals surface area contributed by atoms with Gasteiger partial charge in [0.1, 0.15) is 0 Å². The monoisotopic (exact) mass is 253 g/mol. The van der Waals surface area contributed by atoms with Crippen molar-refractivity contribution >= 4 is 0 Å². The lowest BCUT2D eigenvalue weighted by molar-refractivity contribution is 0.0665. The van der Waals surface area contributed by atoms with Crippen LogP contribution in [0.3, 0.4) is 0 Å². The van der Waals surface area contributed by atoms with Crippen LogP contribution in [-0.2, 0) is 10.2 Å². The molecule has 1 aromatic heterocycles. The van der Waals surface area contributed by atoms with Gasteiger partial charge in [-0.05, 0) is 26.7 Å². The lowest BCUT2D eigenvalue weighted by Crippen LogP contribution is -2.22. The average Bonchev–Trinajstić information content (AvgIpc) is 2.95. The van der Waals surface area contributed by atoms with Crippen molar-refractivity contribution in [2.75, 3.05) is 6.61 Å².